The summed E-state index contributed by atoms with van der Waals surface area (Å²) in [7, 11) is 1.67. The number of morpholine rings is 1. The van der Waals surface area contributed by atoms with Gasteiger partial charge in [-0.25, -0.2) is 4.98 Å². The number of ether oxygens (including phenoxy) is 3. The zero-order chi connectivity index (χ0) is 17.1. The summed E-state index contributed by atoms with van der Waals surface area (Å²) < 4.78 is 16.6. The van der Waals surface area contributed by atoms with Gasteiger partial charge in [-0.15, -0.1) is 11.3 Å². The SMILES string of the molecule is COc1cccc(OC2CN(Cc3cnc(N4CCOCC4)s3)C2)c1. The molecule has 0 atom stereocenters. The molecule has 0 bridgehead atoms. The summed E-state index contributed by atoms with van der Waals surface area (Å²) in [5.74, 6) is 1.70. The molecule has 2 aliphatic rings. The molecule has 1 aromatic heterocycles. The van der Waals surface area contributed by atoms with E-state index in [1.165, 1.54) is 4.88 Å². The topological polar surface area (TPSA) is 47.1 Å². The molecule has 1 aromatic carbocycles. The predicted octanol–water partition coefficient (Wildman–Crippen LogP) is 2.25. The summed E-state index contributed by atoms with van der Waals surface area (Å²) in [6.07, 6.45) is 2.25. The molecule has 6 nitrogen and oxygen atoms in total. The van der Waals surface area contributed by atoms with Crippen molar-refractivity contribution >= 4 is 16.5 Å². The van der Waals surface area contributed by atoms with Gasteiger partial charge < -0.3 is 19.1 Å². The van der Waals surface area contributed by atoms with E-state index in [0.717, 1.165) is 62.6 Å². The lowest BCUT2D eigenvalue weighted by molar-refractivity contribution is 0.0151. The van der Waals surface area contributed by atoms with E-state index in [1.54, 1.807) is 18.4 Å². The Labute approximate surface area is 151 Å². The van der Waals surface area contributed by atoms with Crippen molar-refractivity contribution in [2.45, 2.75) is 12.6 Å². The molecule has 0 N–H and O–H groups in total. The van der Waals surface area contributed by atoms with E-state index in [-0.39, 0.29) is 6.10 Å². The second-order valence-electron chi connectivity index (χ2n) is 6.32. The molecule has 4 rings (SSSR count). The first-order valence-electron chi connectivity index (χ1n) is 8.60. The summed E-state index contributed by atoms with van der Waals surface area (Å²) in [4.78, 5) is 10.6. The Morgan fingerprint density at radius 1 is 1.24 bits per heavy atom. The third kappa shape index (κ3) is 4.05. The molecule has 25 heavy (non-hydrogen) atoms. The fourth-order valence-corrected chi connectivity index (χ4v) is 4.09. The zero-order valence-corrected chi connectivity index (χ0v) is 15.2. The van der Waals surface area contributed by atoms with Crippen molar-refractivity contribution in [2.75, 3.05) is 51.4 Å². The molecule has 0 amide bonds. The van der Waals surface area contributed by atoms with Crippen LogP contribution in [0.25, 0.3) is 0 Å². The van der Waals surface area contributed by atoms with Crippen LogP contribution in [0.5, 0.6) is 11.5 Å². The van der Waals surface area contributed by atoms with E-state index < -0.39 is 0 Å². The standard InChI is InChI=1S/C18H23N3O3S/c1-22-14-3-2-4-15(9-14)24-16-11-20(12-16)13-17-10-19-18(25-17)21-5-7-23-8-6-21/h2-4,9-10,16H,5-8,11-13H2,1H3. The first kappa shape index (κ1) is 16.6. The van der Waals surface area contributed by atoms with Crippen LogP contribution in [0.1, 0.15) is 4.88 Å². The molecule has 2 saturated heterocycles. The Balaban J connectivity index is 1.25. The van der Waals surface area contributed by atoms with Crippen molar-refractivity contribution in [1.29, 1.82) is 0 Å². The maximum atomic E-state index is 6.01. The number of hydrogen-bond acceptors (Lipinski definition) is 7. The van der Waals surface area contributed by atoms with Gasteiger partial charge >= 0.3 is 0 Å². The van der Waals surface area contributed by atoms with Crippen LogP contribution in [-0.4, -0.2) is 62.5 Å². The molecule has 0 unspecified atom stereocenters. The first-order valence-corrected chi connectivity index (χ1v) is 9.42. The highest BCUT2D eigenvalue weighted by molar-refractivity contribution is 7.15. The predicted molar refractivity (Wildman–Crippen MR) is 97.8 cm³/mol. The molecule has 0 aliphatic carbocycles. The molecule has 2 aliphatic heterocycles. The maximum Gasteiger partial charge on any atom is 0.185 e. The molecular weight excluding hydrogens is 338 g/mol. The van der Waals surface area contributed by atoms with Gasteiger partial charge in [0.2, 0.25) is 0 Å². The number of anilines is 1. The van der Waals surface area contributed by atoms with E-state index in [0.29, 0.717) is 0 Å². The Bertz CT molecular complexity index is 696. The third-order valence-corrected chi connectivity index (χ3v) is 5.51. The number of rotatable bonds is 6. The minimum absolute atomic E-state index is 0.249. The van der Waals surface area contributed by atoms with Crippen LogP contribution in [0.2, 0.25) is 0 Å². The number of likely N-dealkylation sites (tertiary alicyclic amines) is 1. The van der Waals surface area contributed by atoms with Crippen molar-refractivity contribution in [3.63, 3.8) is 0 Å². The van der Waals surface area contributed by atoms with Gasteiger partial charge in [0.05, 0.1) is 20.3 Å². The van der Waals surface area contributed by atoms with E-state index in [2.05, 4.69) is 14.8 Å². The number of thiazole rings is 1. The van der Waals surface area contributed by atoms with Gasteiger partial charge in [-0.3, -0.25) is 4.90 Å². The fourth-order valence-electron chi connectivity index (χ4n) is 3.08. The largest absolute Gasteiger partial charge is 0.497 e. The maximum absolute atomic E-state index is 6.01. The Kier molecular flexibility index (Phi) is 5.05. The molecule has 0 saturated carbocycles. The van der Waals surface area contributed by atoms with E-state index in [4.69, 9.17) is 14.2 Å². The van der Waals surface area contributed by atoms with Gasteiger partial charge in [0.1, 0.15) is 17.6 Å². The average Bonchev–Trinajstić information content (AvgIpc) is 3.09. The van der Waals surface area contributed by atoms with Crippen LogP contribution in [0.15, 0.2) is 30.5 Å². The van der Waals surface area contributed by atoms with Crippen LogP contribution in [0.3, 0.4) is 0 Å². The Morgan fingerprint density at radius 3 is 2.84 bits per heavy atom. The minimum atomic E-state index is 0.249. The lowest BCUT2D eigenvalue weighted by Gasteiger charge is -2.38. The fraction of sp³-hybridized carbons (Fsp3) is 0.500. The second kappa shape index (κ2) is 7.59. The molecule has 134 valence electrons. The normalized spacial score (nSPS) is 18.8. The van der Waals surface area contributed by atoms with Crippen LogP contribution >= 0.6 is 11.3 Å². The molecule has 0 radical (unpaired) electrons. The quantitative estimate of drug-likeness (QED) is 0.787. The Morgan fingerprint density at radius 2 is 2.04 bits per heavy atom. The molecule has 2 aromatic rings. The lowest BCUT2D eigenvalue weighted by atomic mass is 10.1. The third-order valence-electron chi connectivity index (χ3n) is 4.47. The molecular formula is C18H23N3O3S. The van der Waals surface area contributed by atoms with Crippen molar-refractivity contribution in [3.8, 4) is 11.5 Å². The minimum Gasteiger partial charge on any atom is -0.497 e. The second-order valence-corrected chi connectivity index (χ2v) is 7.42. The van der Waals surface area contributed by atoms with Crippen molar-refractivity contribution in [2.24, 2.45) is 0 Å². The summed E-state index contributed by atoms with van der Waals surface area (Å²) in [6.45, 7) is 6.30. The van der Waals surface area contributed by atoms with Gasteiger partial charge in [0.25, 0.3) is 0 Å². The summed E-state index contributed by atoms with van der Waals surface area (Å²) in [6, 6.07) is 7.79. The average molecular weight is 361 g/mol. The lowest BCUT2D eigenvalue weighted by Crippen LogP contribution is -2.52. The number of nitrogens with zero attached hydrogens (tertiary/aromatic N) is 3. The van der Waals surface area contributed by atoms with Gasteiger partial charge in [0, 0.05) is 49.9 Å². The summed E-state index contributed by atoms with van der Waals surface area (Å²) in [5.41, 5.74) is 0. The van der Waals surface area contributed by atoms with Crippen LogP contribution in [-0.2, 0) is 11.3 Å². The first-order chi connectivity index (χ1) is 12.3. The van der Waals surface area contributed by atoms with Gasteiger partial charge in [-0.2, -0.15) is 0 Å². The van der Waals surface area contributed by atoms with Crippen LogP contribution in [0.4, 0.5) is 5.13 Å². The number of hydrogen-bond donors (Lipinski definition) is 0. The number of benzene rings is 1. The molecule has 7 heteroatoms. The molecule has 3 heterocycles. The highest BCUT2D eigenvalue weighted by atomic mass is 32.1. The highest BCUT2D eigenvalue weighted by Gasteiger charge is 2.29. The highest BCUT2D eigenvalue weighted by Crippen LogP contribution is 2.27. The van der Waals surface area contributed by atoms with E-state index in [1.807, 2.05) is 30.5 Å². The van der Waals surface area contributed by atoms with E-state index >= 15 is 0 Å². The van der Waals surface area contributed by atoms with Gasteiger partial charge in [-0.1, -0.05) is 6.07 Å². The Hall–Kier alpha value is -1.83. The molecule has 2 fully saturated rings. The summed E-state index contributed by atoms with van der Waals surface area (Å²) in [5, 5.41) is 1.11. The molecule has 0 spiro atoms. The van der Waals surface area contributed by atoms with E-state index in [9.17, 15) is 0 Å². The van der Waals surface area contributed by atoms with Crippen LogP contribution < -0.4 is 14.4 Å². The number of aromatic nitrogens is 1. The number of methoxy groups -OCH3 is 1. The van der Waals surface area contributed by atoms with Gasteiger partial charge in [0.15, 0.2) is 5.13 Å². The van der Waals surface area contributed by atoms with Crippen molar-refractivity contribution < 1.29 is 14.2 Å². The van der Waals surface area contributed by atoms with Crippen LogP contribution in [0, 0.1) is 0 Å². The zero-order valence-electron chi connectivity index (χ0n) is 14.4. The smallest absolute Gasteiger partial charge is 0.185 e. The van der Waals surface area contributed by atoms with Gasteiger partial charge in [-0.05, 0) is 12.1 Å². The monoisotopic (exact) mass is 361 g/mol. The summed E-state index contributed by atoms with van der Waals surface area (Å²) >= 11 is 1.79. The van der Waals surface area contributed by atoms with Crippen molar-refractivity contribution in [1.82, 2.24) is 9.88 Å². The van der Waals surface area contributed by atoms with Crippen molar-refractivity contribution in [3.05, 3.63) is 35.3 Å².